The third-order valence-electron chi connectivity index (χ3n) is 10.9. The van der Waals surface area contributed by atoms with Gasteiger partial charge in [-0.05, 0) is 137 Å². The molecule has 8 aliphatic rings. The predicted octanol–water partition coefficient (Wildman–Crippen LogP) is 0.479. The summed E-state index contributed by atoms with van der Waals surface area (Å²) in [6, 6.07) is 11.3. The molecule has 41 heavy (non-hydrogen) atoms. The zero-order valence-corrected chi connectivity index (χ0v) is 25.8. The van der Waals surface area contributed by atoms with Gasteiger partial charge in [-0.2, -0.15) is 0 Å². The normalized spacial score (nSPS) is 36.4. The summed E-state index contributed by atoms with van der Waals surface area (Å²) in [5.41, 5.74) is -0.154. The third kappa shape index (κ3) is 6.49. The summed E-state index contributed by atoms with van der Waals surface area (Å²) < 4.78 is 0. The van der Waals surface area contributed by atoms with Crippen LogP contribution in [-0.4, -0.2) is 21.8 Å². The number of halogens is 2. The SMILES string of the molecule is O=C(Nc1ccccn1)C12CC3CC(CC(C3)C1)C2.O=C(Nc1ccccn1)C12CC3CC(CC(C3)C1)C2.[Cl-].[Cl-].[Cu+2]. The summed E-state index contributed by atoms with van der Waals surface area (Å²) in [6.45, 7) is 0. The van der Waals surface area contributed by atoms with Crippen molar-refractivity contribution in [3.63, 3.8) is 0 Å². The fraction of sp³-hybridized carbons (Fsp3) is 0.625. The van der Waals surface area contributed by atoms with E-state index in [4.69, 9.17) is 0 Å². The van der Waals surface area contributed by atoms with Crippen molar-refractivity contribution in [3.05, 3.63) is 48.8 Å². The number of amides is 2. The van der Waals surface area contributed by atoms with E-state index in [1.807, 2.05) is 36.4 Å². The van der Waals surface area contributed by atoms with Crippen molar-refractivity contribution < 1.29 is 51.5 Å². The molecule has 6 nitrogen and oxygen atoms in total. The molecule has 2 N–H and O–H groups in total. The second kappa shape index (κ2) is 12.9. The number of nitrogens with one attached hydrogen (secondary N) is 2. The van der Waals surface area contributed by atoms with Crippen LogP contribution in [-0.2, 0) is 26.7 Å². The smallest absolute Gasteiger partial charge is 1.00 e. The minimum atomic E-state index is -0.0771. The van der Waals surface area contributed by atoms with Crippen LogP contribution in [0.3, 0.4) is 0 Å². The van der Waals surface area contributed by atoms with Crippen LogP contribution in [0.4, 0.5) is 11.6 Å². The van der Waals surface area contributed by atoms with E-state index in [0.29, 0.717) is 11.6 Å². The van der Waals surface area contributed by atoms with Crippen LogP contribution in [0.1, 0.15) is 77.0 Å². The number of hydrogen-bond acceptors (Lipinski definition) is 4. The van der Waals surface area contributed by atoms with E-state index in [9.17, 15) is 9.59 Å². The second-order valence-electron chi connectivity index (χ2n) is 13.7. The first-order valence-electron chi connectivity index (χ1n) is 14.9. The van der Waals surface area contributed by atoms with E-state index in [-0.39, 0.29) is 64.5 Å². The summed E-state index contributed by atoms with van der Waals surface area (Å²) in [7, 11) is 0. The zero-order valence-electron chi connectivity index (χ0n) is 23.3. The minimum absolute atomic E-state index is 0. The van der Waals surface area contributed by atoms with Crippen molar-refractivity contribution in [2.45, 2.75) is 77.0 Å². The van der Waals surface area contributed by atoms with Crippen LogP contribution in [0, 0.1) is 46.3 Å². The maximum absolute atomic E-state index is 12.7. The number of nitrogens with zero attached hydrogens (tertiary/aromatic N) is 2. The topological polar surface area (TPSA) is 84.0 Å². The Morgan fingerprint density at radius 1 is 0.561 bits per heavy atom. The molecule has 0 spiro atoms. The Labute approximate surface area is 266 Å². The van der Waals surface area contributed by atoms with E-state index < -0.39 is 0 Å². The van der Waals surface area contributed by atoms with Crippen LogP contribution in [0.2, 0.25) is 0 Å². The molecule has 2 aromatic rings. The molecule has 8 aliphatic carbocycles. The molecule has 8 bridgehead atoms. The molecule has 0 unspecified atom stereocenters. The van der Waals surface area contributed by atoms with Crippen molar-refractivity contribution in [1.82, 2.24) is 9.97 Å². The van der Waals surface area contributed by atoms with Gasteiger partial charge >= 0.3 is 17.1 Å². The standard InChI is InChI=1S/2C16H20N2O.2ClH.Cu/c2*19-15(18-14-3-1-2-4-17-14)16-8-11-5-12(9-16)7-13(6-11)10-16;;;/h2*1-4,11-13H,5-10H2,(H,17,18,19);2*1H;/q;;;;+2/p-2. The molecule has 225 valence electrons. The average Bonchev–Trinajstić information content (AvgIpc) is 2.89. The molecule has 0 aromatic carbocycles. The maximum atomic E-state index is 12.7. The Morgan fingerprint density at radius 3 is 1.10 bits per heavy atom. The predicted molar refractivity (Wildman–Crippen MR) is 147 cm³/mol. The first-order valence-corrected chi connectivity index (χ1v) is 14.9. The van der Waals surface area contributed by atoms with Gasteiger partial charge in [0.05, 0.1) is 10.8 Å². The van der Waals surface area contributed by atoms with Gasteiger partial charge in [0, 0.05) is 12.4 Å². The van der Waals surface area contributed by atoms with Gasteiger partial charge in [-0.3, -0.25) is 9.59 Å². The molecular formula is C32H40Cl2CuN4O2. The van der Waals surface area contributed by atoms with Crippen molar-refractivity contribution in [1.29, 1.82) is 0 Å². The molecule has 2 aromatic heterocycles. The number of rotatable bonds is 4. The fourth-order valence-electron chi connectivity index (χ4n) is 10.1. The summed E-state index contributed by atoms with van der Waals surface area (Å²) in [5, 5.41) is 6.10. The maximum Gasteiger partial charge on any atom is 2.00 e. The summed E-state index contributed by atoms with van der Waals surface area (Å²) in [5.74, 6) is 6.69. The van der Waals surface area contributed by atoms with Gasteiger partial charge < -0.3 is 35.4 Å². The Morgan fingerprint density at radius 2 is 0.854 bits per heavy atom. The number of hydrogen-bond donors (Lipinski definition) is 2. The van der Waals surface area contributed by atoms with Gasteiger partial charge in [-0.25, -0.2) is 9.97 Å². The first-order chi connectivity index (χ1) is 18.5. The third-order valence-corrected chi connectivity index (χ3v) is 10.9. The van der Waals surface area contributed by atoms with E-state index in [0.717, 1.165) is 74.0 Å². The van der Waals surface area contributed by atoms with Crippen LogP contribution in [0.5, 0.6) is 0 Å². The molecule has 8 fully saturated rings. The van der Waals surface area contributed by atoms with E-state index in [1.54, 1.807) is 12.4 Å². The van der Waals surface area contributed by atoms with Crippen LogP contribution >= 0.6 is 0 Å². The quantitative estimate of drug-likeness (QED) is 0.474. The first kappa shape index (κ1) is 32.3. The second-order valence-corrected chi connectivity index (χ2v) is 13.7. The van der Waals surface area contributed by atoms with E-state index in [1.165, 1.54) is 38.5 Å². The van der Waals surface area contributed by atoms with Gasteiger partial charge in [-0.15, -0.1) is 0 Å². The molecule has 2 heterocycles. The summed E-state index contributed by atoms with van der Waals surface area (Å²) >= 11 is 0. The molecule has 0 aliphatic heterocycles. The van der Waals surface area contributed by atoms with Crippen LogP contribution < -0.4 is 35.4 Å². The van der Waals surface area contributed by atoms with Crippen molar-refractivity contribution in [2.75, 3.05) is 10.6 Å². The van der Waals surface area contributed by atoms with Gasteiger partial charge in [0.1, 0.15) is 11.6 Å². The molecular weight excluding hydrogens is 607 g/mol. The monoisotopic (exact) mass is 645 g/mol. The Balaban J connectivity index is 0.000000176. The molecule has 0 saturated heterocycles. The van der Waals surface area contributed by atoms with Gasteiger partial charge in [0.25, 0.3) is 0 Å². The largest absolute Gasteiger partial charge is 2.00 e. The minimum Gasteiger partial charge on any atom is -1.00 e. The number of carbonyl (C=O) groups is 2. The Kier molecular flexibility index (Phi) is 10.2. The van der Waals surface area contributed by atoms with Crippen LogP contribution in [0.15, 0.2) is 48.8 Å². The number of aromatic nitrogens is 2. The molecule has 1 radical (unpaired) electrons. The van der Waals surface area contributed by atoms with Crippen LogP contribution in [0.25, 0.3) is 0 Å². The number of anilines is 2. The van der Waals surface area contributed by atoms with Gasteiger partial charge in [0.2, 0.25) is 11.8 Å². The van der Waals surface area contributed by atoms with Crippen molar-refractivity contribution in [2.24, 2.45) is 46.3 Å². The Bertz CT molecular complexity index is 1030. The number of carbonyl (C=O) groups excluding carboxylic acids is 2. The average molecular weight is 647 g/mol. The molecule has 2 amide bonds. The van der Waals surface area contributed by atoms with Crippen molar-refractivity contribution >= 4 is 23.5 Å². The van der Waals surface area contributed by atoms with E-state index in [2.05, 4.69) is 20.6 Å². The molecule has 0 atom stereocenters. The molecule has 10 rings (SSSR count). The molecule has 9 heteroatoms. The fourth-order valence-corrected chi connectivity index (χ4v) is 10.1. The van der Waals surface area contributed by atoms with Gasteiger partial charge in [0.15, 0.2) is 0 Å². The summed E-state index contributed by atoms with van der Waals surface area (Å²) in [4.78, 5) is 33.9. The number of pyridine rings is 2. The summed E-state index contributed by atoms with van der Waals surface area (Å²) in [6.07, 6.45) is 18.3. The van der Waals surface area contributed by atoms with Gasteiger partial charge in [-0.1, -0.05) is 12.1 Å². The molecule has 8 saturated carbocycles. The zero-order chi connectivity index (χ0) is 25.7. The van der Waals surface area contributed by atoms with Crippen molar-refractivity contribution in [3.8, 4) is 0 Å². The Hall–Kier alpha value is -1.66. The van der Waals surface area contributed by atoms with E-state index >= 15 is 0 Å².